The van der Waals surface area contributed by atoms with Gasteiger partial charge in [-0.2, -0.15) is 0 Å². The predicted octanol–water partition coefficient (Wildman–Crippen LogP) is 2.87. The van der Waals surface area contributed by atoms with Crippen LogP contribution in [0.25, 0.3) is 0 Å². The van der Waals surface area contributed by atoms with Crippen molar-refractivity contribution in [2.45, 2.75) is 40.3 Å². The van der Waals surface area contributed by atoms with Gasteiger partial charge in [0.25, 0.3) is 0 Å². The molecule has 1 saturated heterocycles. The molecule has 0 amide bonds. The summed E-state index contributed by atoms with van der Waals surface area (Å²) < 4.78 is 5.33. The van der Waals surface area contributed by atoms with Crippen LogP contribution in [0.3, 0.4) is 0 Å². The van der Waals surface area contributed by atoms with Gasteiger partial charge in [-0.3, -0.25) is 9.89 Å². The number of nitrogens with one attached hydrogen (secondary N) is 2. The highest BCUT2D eigenvalue weighted by atomic mass is 16.5. The molecule has 2 atom stereocenters. The van der Waals surface area contributed by atoms with Crippen LogP contribution in [0, 0.1) is 11.8 Å². The first kappa shape index (κ1) is 20.7. The fraction of sp³-hybridized carbons (Fsp3) is 0.667. The van der Waals surface area contributed by atoms with Crippen LogP contribution in [0.1, 0.15) is 38.3 Å². The number of likely N-dealkylation sites (tertiary alicyclic amines) is 1. The molecule has 0 radical (unpaired) electrons. The molecule has 146 valence electrons. The van der Waals surface area contributed by atoms with Crippen molar-refractivity contribution in [2.24, 2.45) is 16.8 Å². The lowest BCUT2D eigenvalue weighted by molar-refractivity contribution is 0.134. The maximum absolute atomic E-state index is 5.33. The largest absolute Gasteiger partial charge is 0.380 e. The molecule has 1 fully saturated rings. The number of hydrogen-bond acceptors (Lipinski definition) is 3. The van der Waals surface area contributed by atoms with Crippen LogP contribution in [-0.2, 0) is 17.8 Å². The van der Waals surface area contributed by atoms with Gasteiger partial charge in [0, 0.05) is 46.4 Å². The monoisotopic (exact) mass is 360 g/mol. The summed E-state index contributed by atoms with van der Waals surface area (Å²) in [7, 11) is 1.79. The van der Waals surface area contributed by atoms with Crippen molar-refractivity contribution in [2.75, 3.05) is 39.9 Å². The van der Waals surface area contributed by atoms with Crippen LogP contribution >= 0.6 is 0 Å². The van der Waals surface area contributed by atoms with Gasteiger partial charge in [0.05, 0.1) is 6.61 Å². The minimum atomic E-state index is 0.694. The Kier molecular flexibility index (Phi) is 8.92. The fourth-order valence-electron chi connectivity index (χ4n) is 3.73. The number of piperidine rings is 1. The first-order chi connectivity index (χ1) is 12.6. The van der Waals surface area contributed by atoms with Crippen molar-refractivity contribution in [1.82, 2.24) is 15.5 Å². The van der Waals surface area contributed by atoms with Crippen LogP contribution in [0.4, 0.5) is 0 Å². The summed E-state index contributed by atoms with van der Waals surface area (Å²) in [5.74, 6) is 2.43. The Hall–Kier alpha value is -1.59. The lowest BCUT2D eigenvalue weighted by Crippen LogP contribution is -2.38. The second-order valence-electron chi connectivity index (χ2n) is 7.51. The highest BCUT2D eigenvalue weighted by molar-refractivity contribution is 5.79. The van der Waals surface area contributed by atoms with Gasteiger partial charge in [0.1, 0.15) is 0 Å². The van der Waals surface area contributed by atoms with E-state index in [0.29, 0.717) is 6.61 Å². The van der Waals surface area contributed by atoms with E-state index in [1.165, 1.54) is 30.6 Å². The highest BCUT2D eigenvalue weighted by Gasteiger charge is 2.21. The highest BCUT2D eigenvalue weighted by Crippen LogP contribution is 2.22. The SMILES string of the molecule is CCOCCNC(=NC)NCc1ccc(CN2CC(C)CC(C)C2)cc1. The Morgan fingerprint density at radius 3 is 2.38 bits per heavy atom. The number of guanidine groups is 1. The van der Waals surface area contributed by atoms with Crippen molar-refractivity contribution in [3.8, 4) is 0 Å². The molecule has 1 heterocycles. The van der Waals surface area contributed by atoms with Crippen LogP contribution in [0.15, 0.2) is 29.3 Å². The zero-order chi connectivity index (χ0) is 18.8. The normalized spacial score (nSPS) is 21.6. The number of ether oxygens (including phenoxy) is 1. The van der Waals surface area contributed by atoms with E-state index in [1.54, 1.807) is 7.05 Å². The van der Waals surface area contributed by atoms with Crippen LogP contribution in [0.2, 0.25) is 0 Å². The van der Waals surface area contributed by atoms with Crippen molar-refractivity contribution < 1.29 is 4.74 Å². The Labute approximate surface area is 159 Å². The molecule has 0 spiro atoms. The van der Waals surface area contributed by atoms with Gasteiger partial charge in [-0.1, -0.05) is 38.1 Å². The zero-order valence-corrected chi connectivity index (χ0v) is 16.9. The van der Waals surface area contributed by atoms with E-state index in [-0.39, 0.29) is 0 Å². The van der Waals surface area contributed by atoms with E-state index in [4.69, 9.17) is 4.74 Å². The minimum Gasteiger partial charge on any atom is -0.380 e. The molecule has 2 N–H and O–H groups in total. The third kappa shape index (κ3) is 7.34. The van der Waals surface area contributed by atoms with Crippen LogP contribution < -0.4 is 10.6 Å². The topological polar surface area (TPSA) is 48.9 Å². The van der Waals surface area contributed by atoms with Crippen LogP contribution in [-0.4, -0.2) is 50.8 Å². The standard InChI is InChI=1S/C21H36N4O/c1-5-26-11-10-23-21(22-4)24-13-19-6-8-20(9-7-19)16-25-14-17(2)12-18(3)15-25/h6-9,17-18H,5,10-16H2,1-4H3,(H2,22,23,24). The molecule has 5 heteroatoms. The van der Waals surface area contributed by atoms with Gasteiger partial charge in [-0.25, -0.2) is 0 Å². The average molecular weight is 361 g/mol. The second-order valence-corrected chi connectivity index (χ2v) is 7.51. The zero-order valence-electron chi connectivity index (χ0n) is 16.9. The fourth-order valence-corrected chi connectivity index (χ4v) is 3.73. The van der Waals surface area contributed by atoms with E-state index in [0.717, 1.165) is 44.0 Å². The molecule has 0 aromatic heterocycles. The number of aliphatic imine (C=N–C) groups is 1. The molecular weight excluding hydrogens is 324 g/mol. The minimum absolute atomic E-state index is 0.694. The maximum atomic E-state index is 5.33. The van der Waals surface area contributed by atoms with E-state index in [1.807, 2.05) is 6.92 Å². The molecule has 26 heavy (non-hydrogen) atoms. The van der Waals surface area contributed by atoms with Gasteiger partial charge < -0.3 is 15.4 Å². The van der Waals surface area contributed by atoms with E-state index >= 15 is 0 Å². The molecular formula is C21H36N4O. The molecule has 1 aliphatic rings. The Morgan fingerprint density at radius 1 is 1.12 bits per heavy atom. The van der Waals surface area contributed by atoms with Crippen molar-refractivity contribution in [3.05, 3.63) is 35.4 Å². The Bertz CT molecular complexity index is 533. The molecule has 0 aliphatic carbocycles. The Balaban J connectivity index is 1.76. The third-order valence-electron chi connectivity index (χ3n) is 4.80. The van der Waals surface area contributed by atoms with E-state index in [2.05, 4.69) is 58.6 Å². The molecule has 0 saturated carbocycles. The van der Waals surface area contributed by atoms with Gasteiger partial charge in [-0.05, 0) is 36.3 Å². The molecule has 1 aromatic rings. The van der Waals surface area contributed by atoms with Gasteiger partial charge in [-0.15, -0.1) is 0 Å². The summed E-state index contributed by atoms with van der Waals surface area (Å²) in [5.41, 5.74) is 2.66. The summed E-state index contributed by atoms with van der Waals surface area (Å²) >= 11 is 0. The van der Waals surface area contributed by atoms with Crippen molar-refractivity contribution in [3.63, 3.8) is 0 Å². The number of rotatable bonds is 8. The predicted molar refractivity (Wildman–Crippen MR) is 109 cm³/mol. The first-order valence-electron chi connectivity index (χ1n) is 9.93. The van der Waals surface area contributed by atoms with Crippen LogP contribution in [0.5, 0.6) is 0 Å². The molecule has 2 unspecified atom stereocenters. The molecule has 2 rings (SSSR count). The van der Waals surface area contributed by atoms with Gasteiger partial charge >= 0.3 is 0 Å². The summed E-state index contributed by atoms with van der Waals surface area (Å²) in [6.07, 6.45) is 1.36. The summed E-state index contributed by atoms with van der Waals surface area (Å²) in [4.78, 5) is 6.84. The number of hydrogen-bond donors (Lipinski definition) is 2. The molecule has 1 aliphatic heterocycles. The summed E-state index contributed by atoms with van der Waals surface area (Å²) in [6, 6.07) is 8.94. The van der Waals surface area contributed by atoms with Crippen molar-refractivity contribution in [1.29, 1.82) is 0 Å². The lowest BCUT2D eigenvalue weighted by atomic mass is 9.91. The van der Waals surface area contributed by atoms with E-state index in [9.17, 15) is 0 Å². The number of benzene rings is 1. The van der Waals surface area contributed by atoms with Gasteiger partial charge in [0.15, 0.2) is 5.96 Å². The lowest BCUT2D eigenvalue weighted by Gasteiger charge is -2.35. The second kappa shape index (κ2) is 11.2. The maximum Gasteiger partial charge on any atom is 0.191 e. The Morgan fingerprint density at radius 2 is 1.77 bits per heavy atom. The third-order valence-corrected chi connectivity index (χ3v) is 4.80. The first-order valence-corrected chi connectivity index (χ1v) is 9.93. The average Bonchev–Trinajstić information content (AvgIpc) is 2.61. The molecule has 1 aromatic carbocycles. The number of nitrogens with zero attached hydrogens (tertiary/aromatic N) is 2. The smallest absolute Gasteiger partial charge is 0.191 e. The van der Waals surface area contributed by atoms with Crippen molar-refractivity contribution >= 4 is 5.96 Å². The van der Waals surface area contributed by atoms with Gasteiger partial charge in [0.2, 0.25) is 0 Å². The quantitative estimate of drug-likeness (QED) is 0.425. The summed E-state index contributed by atoms with van der Waals surface area (Å²) in [6.45, 7) is 13.2. The molecule has 0 bridgehead atoms. The van der Waals surface area contributed by atoms with E-state index < -0.39 is 0 Å². The molecule has 5 nitrogen and oxygen atoms in total. The summed E-state index contributed by atoms with van der Waals surface area (Å²) in [5, 5.41) is 6.60.